The van der Waals surface area contributed by atoms with Gasteiger partial charge in [0.25, 0.3) is 0 Å². The predicted molar refractivity (Wildman–Crippen MR) is 85.4 cm³/mol. The maximum Gasteiger partial charge on any atom is 0.0352 e. The first-order chi connectivity index (χ1) is 9.31. The minimum atomic E-state index is 0.487. The number of benzene rings is 2. The summed E-state index contributed by atoms with van der Waals surface area (Å²) in [5.41, 5.74) is 1.45. The number of fused-ring (bicyclic) bond motifs is 1. The van der Waals surface area contributed by atoms with Crippen molar-refractivity contribution >= 4 is 26.7 Å². The molecule has 0 aliphatic heterocycles. The molecule has 2 heteroatoms. The van der Waals surface area contributed by atoms with E-state index in [1.54, 1.807) is 0 Å². The van der Waals surface area contributed by atoms with Crippen molar-refractivity contribution in [2.45, 2.75) is 31.7 Å². The van der Waals surface area contributed by atoms with Gasteiger partial charge in [0.2, 0.25) is 0 Å². The Morgan fingerprint density at radius 1 is 1.05 bits per heavy atom. The zero-order valence-electron chi connectivity index (χ0n) is 11.3. The Balaban J connectivity index is 2.10. The molecule has 1 atom stereocenters. The SMILES string of the molecule is CNC(c1ccc(Br)c2ccccc12)C1CCCC1. The summed E-state index contributed by atoms with van der Waals surface area (Å²) in [6, 6.07) is 13.7. The van der Waals surface area contributed by atoms with Gasteiger partial charge in [-0.25, -0.2) is 0 Å². The minimum Gasteiger partial charge on any atom is -0.313 e. The van der Waals surface area contributed by atoms with Gasteiger partial charge in [-0.05, 0) is 48.2 Å². The molecule has 100 valence electrons. The van der Waals surface area contributed by atoms with E-state index in [1.165, 1.54) is 46.5 Å². The first-order valence-corrected chi connectivity index (χ1v) is 7.95. The van der Waals surface area contributed by atoms with E-state index in [0.29, 0.717) is 6.04 Å². The van der Waals surface area contributed by atoms with Gasteiger partial charge in [0.15, 0.2) is 0 Å². The number of hydrogen-bond donors (Lipinski definition) is 1. The highest BCUT2D eigenvalue weighted by atomic mass is 79.9. The largest absolute Gasteiger partial charge is 0.313 e. The summed E-state index contributed by atoms with van der Waals surface area (Å²) >= 11 is 3.67. The lowest BCUT2D eigenvalue weighted by Gasteiger charge is -2.25. The van der Waals surface area contributed by atoms with Gasteiger partial charge in [0.1, 0.15) is 0 Å². The van der Waals surface area contributed by atoms with E-state index in [0.717, 1.165) is 5.92 Å². The fourth-order valence-electron chi connectivity index (χ4n) is 3.49. The van der Waals surface area contributed by atoms with Crippen molar-refractivity contribution in [2.75, 3.05) is 7.05 Å². The molecule has 0 radical (unpaired) electrons. The van der Waals surface area contributed by atoms with Crippen LogP contribution in [0.3, 0.4) is 0 Å². The molecular formula is C17H20BrN. The monoisotopic (exact) mass is 317 g/mol. The quantitative estimate of drug-likeness (QED) is 0.835. The second-order valence-electron chi connectivity index (χ2n) is 5.49. The molecule has 1 unspecified atom stereocenters. The van der Waals surface area contributed by atoms with Crippen molar-refractivity contribution in [1.82, 2.24) is 5.32 Å². The second kappa shape index (κ2) is 5.64. The van der Waals surface area contributed by atoms with Crippen LogP contribution in [0.25, 0.3) is 10.8 Å². The zero-order chi connectivity index (χ0) is 13.2. The first-order valence-electron chi connectivity index (χ1n) is 7.15. The third-order valence-corrected chi connectivity index (χ3v) is 5.11. The fourth-order valence-corrected chi connectivity index (χ4v) is 3.97. The maximum absolute atomic E-state index is 3.67. The molecule has 1 aliphatic carbocycles. The molecular weight excluding hydrogens is 298 g/mol. The van der Waals surface area contributed by atoms with E-state index >= 15 is 0 Å². The minimum absolute atomic E-state index is 0.487. The van der Waals surface area contributed by atoms with Gasteiger partial charge in [-0.15, -0.1) is 0 Å². The fraction of sp³-hybridized carbons (Fsp3) is 0.412. The lowest BCUT2D eigenvalue weighted by molar-refractivity contribution is 0.392. The molecule has 2 aromatic carbocycles. The maximum atomic E-state index is 3.67. The average Bonchev–Trinajstić information content (AvgIpc) is 2.96. The summed E-state index contributed by atoms with van der Waals surface area (Å²) in [5, 5.41) is 6.25. The Morgan fingerprint density at radius 3 is 2.42 bits per heavy atom. The molecule has 0 saturated heterocycles. The van der Waals surface area contributed by atoms with Crippen molar-refractivity contribution in [3.05, 3.63) is 46.4 Å². The molecule has 0 heterocycles. The van der Waals surface area contributed by atoms with E-state index in [2.05, 4.69) is 64.7 Å². The van der Waals surface area contributed by atoms with Gasteiger partial charge in [0.05, 0.1) is 0 Å². The normalized spacial score (nSPS) is 18.0. The standard InChI is InChI=1S/C17H20BrN/c1-19-17(12-6-2-3-7-12)15-10-11-16(18)14-9-5-4-8-13(14)15/h4-5,8-12,17,19H,2-3,6-7H2,1H3. The van der Waals surface area contributed by atoms with Crippen molar-refractivity contribution in [1.29, 1.82) is 0 Å². The molecule has 1 saturated carbocycles. The number of nitrogens with one attached hydrogen (secondary N) is 1. The van der Waals surface area contributed by atoms with Crippen LogP contribution >= 0.6 is 15.9 Å². The van der Waals surface area contributed by atoms with Crippen LogP contribution in [0.2, 0.25) is 0 Å². The molecule has 1 fully saturated rings. The van der Waals surface area contributed by atoms with E-state index in [-0.39, 0.29) is 0 Å². The lowest BCUT2D eigenvalue weighted by atomic mass is 9.88. The summed E-state index contributed by atoms with van der Waals surface area (Å²) < 4.78 is 1.19. The van der Waals surface area contributed by atoms with Crippen LogP contribution in [0, 0.1) is 5.92 Å². The van der Waals surface area contributed by atoms with E-state index < -0.39 is 0 Å². The third-order valence-electron chi connectivity index (χ3n) is 4.42. The van der Waals surface area contributed by atoms with Gasteiger partial charge in [-0.2, -0.15) is 0 Å². The first kappa shape index (κ1) is 13.1. The van der Waals surface area contributed by atoms with Crippen molar-refractivity contribution in [3.63, 3.8) is 0 Å². The predicted octanol–water partition coefficient (Wildman–Crippen LogP) is 5.05. The number of halogens is 1. The Labute approximate surface area is 123 Å². The summed E-state index contributed by atoms with van der Waals surface area (Å²) in [5.74, 6) is 0.787. The molecule has 0 bridgehead atoms. The topological polar surface area (TPSA) is 12.0 Å². The van der Waals surface area contributed by atoms with Crippen LogP contribution in [0.4, 0.5) is 0 Å². The van der Waals surface area contributed by atoms with Crippen molar-refractivity contribution in [2.24, 2.45) is 5.92 Å². The molecule has 0 aromatic heterocycles. The summed E-state index contributed by atoms with van der Waals surface area (Å²) in [6.45, 7) is 0. The molecule has 1 nitrogen and oxygen atoms in total. The summed E-state index contributed by atoms with van der Waals surface area (Å²) in [7, 11) is 2.10. The molecule has 0 amide bonds. The van der Waals surface area contributed by atoms with Crippen molar-refractivity contribution in [3.8, 4) is 0 Å². The Bertz CT molecular complexity index is 572. The van der Waals surface area contributed by atoms with Gasteiger partial charge >= 0.3 is 0 Å². The van der Waals surface area contributed by atoms with Gasteiger partial charge in [-0.1, -0.05) is 59.1 Å². The summed E-state index contributed by atoms with van der Waals surface area (Å²) in [6.07, 6.45) is 5.49. The highest BCUT2D eigenvalue weighted by Gasteiger charge is 2.26. The third kappa shape index (κ3) is 2.44. The van der Waals surface area contributed by atoms with Crippen LogP contribution in [0.1, 0.15) is 37.3 Å². The van der Waals surface area contributed by atoms with E-state index in [9.17, 15) is 0 Å². The van der Waals surface area contributed by atoms with Crippen LogP contribution in [0.5, 0.6) is 0 Å². The highest BCUT2D eigenvalue weighted by Crippen LogP contribution is 2.39. The van der Waals surface area contributed by atoms with Crippen LogP contribution in [-0.4, -0.2) is 7.05 Å². The van der Waals surface area contributed by atoms with Gasteiger partial charge in [-0.3, -0.25) is 0 Å². The molecule has 19 heavy (non-hydrogen) atoms. The van der Waals surface area contributed by atoms with Crippen LogP contribution in [0.15, 0.2) is 40.9 Å². The molecule has 2 aromatic rings. The average molecular weight is 318 g/mol. The molecule has 0 spiro atoms. The zero-order valence-corrected chi connectivity index (χ0v) is 12.9. The van der Waals surface area contributed by atoms with Gasteiger partial charge in [0, 0.05) is 10.5 Å². The Hall–Kier alpha value is -0.860. The Morgan fingerprint density at radius 2 is 1.74 bits per heavy atom. The van der Waals surface area contributed by atoms with Crippen LogP contribution < -0.4 is 5.32 Å². The van der Waals surface area contributed by atoms with Crippen LogP contribution in [-0.2, 0) is 0 Å². The smallest absolute Gasteiger partial charge is 0.0352 e. The lowest BCUT2D eigenvalue weighted by Crippen LogP contribution is -2.23. The highest BCUT2D eigenvalue weighted by molar-refractivity contribution is 9.10. The van der Waals surface area contributed by atoms with E-state index in [4.69, 9.17) is 0 Å². The Kier molecular flexibility index (Phi) is 3.90. The molecule has 3 rings (SSSR count). The molecule has 1 aliphatic rings. The number of rotatable bonds is 3. The van der Waals surface area contributed by atoms with E-state index in [1.807, 2.05) is 0 Å². The molecule has 1 N–H and O–H groups in total. The van der Waals surface area contributed by atoms with Gasteiger partial charge < -0.3 is 5.32 Å². The van der Waals surface area contributed by atoms with Crippen molar-refractivity contribution < 1.29 is 0 Å². The second-order valence-corrected chi connectivity index (χ2v) is 6.35. The number of hydrogen-bond acceptors (Lipinski definition) is 1. The summed E-state index contributed by atoms with van der Waals surface area (Å²) in [4.78, 5) is 0.